The fourth-order valence-electron chi connectivity index (χ4n) is 4.50. The molecule has 2 heteroatoms. The van der Waals surface area contributed by atoms with Crippen LogP contribution in [0.1, 0.15) is 50.7 Å². The van der Waals surface area contributed by atoms with E-state index >= 15 is 0 Å². The zero-order valence-corrected chi connectivity index (χ0v) is 14.1. The molecular weight excluding hydrogens is 312 g/mol. The molecular formula is C18H25BrO. The second-order valence-electron chi connectivity index (χ2n) is 7.31. The lowest BCUT2D eigenvalue weighted by Crippen LogP contribution is -2.46. The van der Waals surface area contributed by atoms with Crippen LogP contribution in [0.2, 0.25) is 0 Å². The maximum absolute atomic E-state index is 11.2. The molecule has 0 aliphatic heterocycles. The van der Waals surface area contributed by atoms with Gasteiger partial charge in [0.2, 0.25) is 0 Å². The van der Waals surface area contributed by atoms with Crippen molar-refractivity contribution >= 4 is 15.9 Å². The first-order chi connectivity index (χ1) is 9.46. The zero-order chi connectivity index (χ0) is 14.3. The number of benzene rings is 1. The van der Waals surface area contributed by atoms with E-state index in [1.165, 1.54) is 30.4 Å². The molecule has 20 heavy (non-hydrogen) atoms. The standard InChI is InChI=1S/C18H25BrO/c1-12-7-13(2)9-16(8-12)18(20)6-5-14-10-17(19)4-3-15(14)11-18/h3-4,10,12-13,16,20H,5-9,11H2,1-2H3. The Morgan fingerprint density at radius 2 is 1.80 bits per heavy atom. The molecule has 1 aromatic rings. The third-order valence-electron chi connectivity index (χ3n) is 5.43. The smallest absolute Gasteiger partial charge is 0.0719 e. The highest BCUT2D eigenvalue weighted by atomic mass is 79.9. The highest BCUT2D eigenvalue weighted by molar-refractivity contribution is 9.10. The summed E-state index contributed by atoms with van der Waals surface area (Å²) in [5, 5.41) is 11.2. The minimum atomic E-state index is -0.468. The van der Waals surface area contributed by atoms with Gasteiger partial charge in [-0.1, -0.05) is 35.8 Å². The van der Waals surface area contributed by atoms with E-state index in [2.05, 4.69) is 48.0 Å². The summed E-state index contributed by atoms with van der Waals surface area (Å²) in [6.07, 6.45) is 6.53. The monoisotopic (exact) mass is 336 g/mol. The molecule has 3 atom stereocenters. The van der Waals surface area contributed by atoms with Crippen molar-refractivity contribution in [3.8, 4) is 0 Å². The van der Waals surface area contributed by atoms with Crippen LogP contribution >= 0.6 is 15.9 Å². The van der Waals surface area contributed by atoms with Gasteiger partial charge in [0.15, 0.2) is 0 Å². The molecule has 3 rings (SSSR count). The van der Waals surface area contributed by atoms with Crippen LogP contribution in [0.25, 0.3) is 0 Å². The van der Waals surface area contributed by atoms with Gasteiger partial charge in [0.05, 0.1) is 5.60 Å². The molecule has 1 fully saturated rings. The van der Waals surface area contributed by atoms with Gasteiger partial charge >= 0.3 is 0 Å². The third kappa shape index (κ3) is 2.82. The van der Waals surface area contributed by atoms with Crippen LogP contribution in [0, 0.1) is 17.8 Å². The summed E-state index contributed by atoms with van der Waals surface area (Å²) in [6, 6.07) is 6.52. The number of rotatable bonds is 1. The Hall–Kier alpha value is -0.340. The van der Waals surface area contributed by atoms with Crippen LogP contribution < -0.4 is 0 Å². The van der Waals surface area contributed by atoms with E-state index in [0.717, 1.165) is 35.6 Å². The van der Waals surface area contributed by atoms with Crippen molar-refractivity contribution in [1.29, 1.82) is 0 Å². The first-order valence-corrected chi connectivity index (χ1v) is 8.75. The molecule has 0 heterocycles. The van der Waals surface area contributed by atoms with E-state index in [0.29, 0.717) is 5.92 Å². The minimum absolute atomic E-state index is 0.468. The van der Waals surface area contributed by atoms with Crippen LogP contribution in [0.15, 0.2) is 22.7 Å². The number of aliphatic hydroxyl groups is 1. The van der Waals surface area contributed by atoms with E-state index in [9.17, 15) is 5.11 Å². The molecule has 110 valence electrons. The Morgan fingerprint density at radius 3 is 2.50 bits per heavy atom. The largest absolute Gasteiger partial charge is 0.389 e. The number of halogens is 1. The number of aryl methyl sites for hydroxylation is 1. The van der Waals surface area contributed by atoms with Crippen molar-refractivity contribution in [1.82, 2.24) is 0 Å². The summed E-state index contributed by atoms with van der Waals surface area (Å²) in [5.41, 5.74) is 2.30. The van der Waals surface area contributed by atoms with Crippen molar-refractivity contribution in [2.75, 3.05) is 0 Å². The van der Waals surface area contributed by atoms with Gasteiger partial charge in [0, 0.05) is 10.9 Å². The average Bonchev–Trinajstić information content (AvgIpc) is 2.38. The van der Waals surface area contributed by atoms with Gasteiger partial charge in [-0.2, -0.15) is 0 Å². The van der Waals surface area contributed by atoms with E-state index in [1.807, 2.05) is 0 Å². The average molecular weight is 337 g/mol. The summed E-state index contributed by atoms with van der Waals surface area (Å²) >= 11 is 3.55. The fraction of sp³-hybridized carbons (Fsp3) is 0.667. The lowest BCUT2D eigenvalue weighted by molar-refractivity contribution is -0.0583. The van der Waals surface area contributed by atoms with Gasteiger partial charge in [0.1, 0.15) is 0 Å². The van der Waals surface area contributed by atoms with Gasteiger partial charge in [-0.3, -0.25) is 0 Å². The first kappa shape index (κ1) is 14.6. The second kappa shape index (κ2) is 5.46. The van der Waals surface area contributed by atoms with Gasteiger partial charge < -0.3 is 5.11 Å². The summed E-state index contributed by atoms with van der Waals surface area (Å²) < 4.78 is 1.15. The van der Waals surface area contributed by atoms with Crippen LogP contribution in [-0.2, 0) is 12.8 Å². The van der Waals surface area contributed by atoms with Crippen molar-refractivity contribution in [2.45, 2.75) is 58.0 Å². The number of hydrogen-bond donors (Lipinski definition) is 1. The third-order valence-corrected chi connectivity index (χ3v) is 5.92. The van der Waals surface area contributed by atoms with Crippen LogP contribution in [0.3, 0.4) is 0 Å². The molecule has 2 aliphatic carbocycles. The van der Waals surface area contributed by atoms with Gasteiger partial charge in [-0.15, -0.1) is 0 Å². The zero-order valence-electron chi connectivity index (χ0n) is 12.5. The molecule has 1 aromatic carbocycles. The van der Waals surface area contributed by atoms with Gasteiger partial charge in [-0.25, -0.2) is 0 Å². The Bertz CT molecular complexity index is 488. The number of fused-ring (bicyclic) bond motifs is 1. The molecule has 0 aromatic heterocycles. The molecule has 1 saturated carbocycles. The second-order valence-corrected chi connectivity index (χ2v) is 8.22. The quantitative estimate of drug-likeness (QED) is 0.785. The highest BCUT2D eigenvalue weighted by Crippen LogP contribution is 2.44. The van der Waals surface area contributed by atoms with E-state index < -0.39 is 5.60 Å². The molecule has 2 aliphatic rings. The van der Waals surface area contributed by atoms with Crippen molar-refractivity contribution in [3.63, 3.8) is 0 Å². The Kier molecular flexibility index (Phi) is 3.98. The van der Waals surface area contributed by atoms with Crippen molar-refractivity contribution in [3.05, 3.63) is 33.8 Å². The maximum Gasteiger partial charge on any atom is 0.0719 e. The van der Waals surface area contributed by atoms with E-state index in [4.69, 9.17) is 0 Å². The lowest BCUT2D eigenvalue weighted by atomic mass is 9.64. The van der Waals surface area contributed by atoms with Crippen LogP contribution in [0.5, 0.6) is 0 Å². The fourth-order valence-corrected chi connectivity index (χ4v) is 4.91. The van der Waals surface area contributed by atoms with Crippen molar-refractivity contribution < 1.29 is 5.11 Å². The van der Waals surface area contributed by atoms with Crippen molar-refractivity contribution in [2.24, 2.45) is 17.8 Å². The topological polar surface area (TPSA) is 20.2 Å². The van der Waals surface area contributed by atoms with Crippen LogP contribution in [0.4, 0.5) is 0 Å². The van der Waals surface area contributed by atoms with Crippen LogP contribution in [-0.4, -0.2) is 10.7 Å². The maximum atomic E-state index is 11.2. The molecule has 0 saturated heterocycles. The summed E-state index contributed by atoms with van der Waals surface area (Å²) in [4.78, 5) is 0. The van der Waals surface area contributed by atoms with E-state index in [-0.39, 0.29) is 0 Å². The number of hydrogen-bond acceptors (Lipinski definition) is 1. The molecule has 0 spiro atoms. The Morgan fingerprint density at radius 1 is 1.10 bits per heavy atom. The Balaban J connectivity index is 1.82. The predicted molar refractivity (Wildman–Crippen MR) is 86.8 cm³/mol. The normalized spacial score (nSPS) is 37.5. The van der Waals surface area contributed by atoms with Gasteiger partial charge in [0.25, 0.3) is 0 Å². The summed E-state index contributed by atoms with van der Waals surface area (Å²) in [7, 11) is 0. The molecule has 3 unspecified atom stereocenters. The first-order valence-electron chi connectivity index (χ1n) is 7.96. The highest BCUT2D eigenvalue weighted by Gasteiger charge is 2.42. The SMILES string of the molecule is CC1CC(C)CC(C2(O)CCc3cc(Br)ccc3C2)C1. The van der Waals surface area contributed by atoms with Gasteiger partial charge in [-0.05, 0) is 73.1 Å². The molecule has 0 radical (unpaired) electrons. The molecule has 1 nitrogen and oxygen atoms in total. The predicted octanol–water partition coefficient (Wildman–Crippen LogP) is 4.74. The molecule has 1 N–H and O–H groups in total. The minimum Gasteiger partial charge on any atom is -0.389 e. The summed E-state index contributed by atoms with van der Waals surface area (Å²) in [5.74, 6) is 2.01. The molecule has 0 bridgehead atoms. The lowest BCUT2D eigenvalue weighted by Gasteiger charge is -2.45. The summed E-state index contributed by atoms with van der Waals surface area (Å²) in [6.45, 7) is 4.69. The molecule has 0 amide bonds. The van der Waals surface area contributed by atoms with E-state index in [1.54, 1.807) is 0 Å². The Labute approximate surface area is 130 Å².